The number of nitrogens with zero attached hydrogens (tertiary/aromatic N) is 1. The van der Waals surface area contributed by atoms with Gasteiger partial charge in [-0.1, -0.05) is 0 Å². The summed E-state index contributed by atoms with van der Waals surface area (Å²) in [6.45, 7) is 3.45. The van der Waals surface area contributed by atoms with E-state index in [0.717, 1.165) is 17.2 Å². The molecule has 0 aliphatic heterocycles. The van der Waals surface area contributed by atoms with Crippen molar-refractivity contribution in [3.63, 3.8) is 0 Å². The topological polar surface area (TPSA) is 85.1 Å². The third-order valence-electron chi connectivity index (χ3n) is 3.16. The molecule has 1 aromatic heterocycles. The molecule has 1 heterocycles. The molecule has 2 aromatic rings. The van der Waals surface area contributed by atoms with Crippen molar-refractivity contribution in [2.24, 2.45) is 0 Å². The minimum Gasteiger partial charge on any atom is -0.396 e. The molecule has 5 nitrogen and oxygen atoms in total. The van der Waals surface area contributed by atoms with Gasteiger partial charge in [0.2, 0.25) is 10.0 Å². The first-order valence-electron chi connectivity index (χ1n) is 6.26. The van der Waals surface area contributed by atoms with Crippen LogP contribution in [0.25, 0.3) is 0 Å². The lowest BCUT2D eigenvalue weighted by Crippen LogP contribution is -2.24. The number of aryl methyl sites for hydroxylation is 2. The molecular weight excluding hydrogens is 293 g/mol. The van der Waals surface area contributed by atoms with Crippen molar-refractivity contribution < 1.29 is 12.8 Å². The molecule has 0 spiro atoms. The molecule has 0 atom stereocenters. The van der Waals surface area contributed by atoms with E-state index < -0.39 is 15.8 Å². The zero-order valence-corrected chi connectivity index (χ0v) is 12.5. The zero-order chi connectivity index (χ0) is 15.6. The van der Waals surface area contributed by atoms with Crippen LogP contribution in [0.3, 0.4) is 0 Å². The quantitative estimate of drug-likeness (QED) is 0.845. The molecule has 0 radical (unpaired) electrons. The van der Waals surface area contributed by atoms with Gasteiger partial charge in [0, 0.05) is 18.9 Å². The number of pyridine rings is 1. The van der Waals surface area contributed by atoms with Crippen molar-refractivity contribution in [3.05, 3.63) is 53.1 Å². The van der Waals surface area contributed by atoms with Crippen LogP contribution in [0.2, 0.25) is 0 Å². The number of nitrogens with one attached hydrogen (secondary N) is 1. The number of hydrogen-bond donors (Lipinski definition) is 2. The molecule has 3 N–H and O–H groups in total. The predicted octanol–water partition coefficient (Wildman–Crippen LogP) is 1.90. The lowest BCUT2D eigenvalue weighted by molar-refractivity contribution is 0.580. The number of aromatic nitrogens is 1. The smallest absolute Gasteiger partial charge is 0.240 e. The average molecular weight is 309 g/mol. The summed E-state index contributed by atoms with van der Waals surface area (Å²) in [7, 11) is -3.75. The standard InChI is InChI=1S/C14H16FN3O2S/c1-9-5-12(6-13(16)14(9)15)21(19,20)18-8-11-3-4-17-7-10(11)2/h3-7,18H,8,16H2,1-2H3. The van der Waals surface area contributed by atoms with Gasteiger partial charge in [0.15, 0.2) is 0 Å². The number of anilines is 1. The van der Waals surface area contributed by atoms with Crippen LogP contribution in [0.5, 0.6) is 0 Å². The first kappa shape index (κ1) is 15.4. The first-order chi connectivity index (χ1) is 9.81. The summed E-state index contributed by atoms with van der Waals surface area (Å²) >= 11 is 0. The Balaban J connectivity index is 2.25. The number of nitrogens with two attached hydrogens (primary N) is 1. The van der Waals surface area contributed by atoms with Gasteiger partial charge < -0.3 is 5.73 Å². The minimum atomic E-state index is -3.75. The van der Waals surface area contributed by atoms with Crippen molar-refractivity contribution in [1.29, 1.82) is 0 Å². The zero-order valence-electron chi connectivity index (χ0n) is 11.7. The Bertz CT molecular complexity index is 753. The maximum absolute atomic E-state index is 13.5. The van der Waals surface area contributed by atoms with Crippen molar-refractivity contribution in [3.8, 4) is 0 Å². The van der Waals surface area contributed by atoms with Crippen molar-refractivity contribution in [1.82, 2.24) is 9.71 Å². The molecule has 0 saturated heterocycles. The van der Waals surface area contributed by atoms with E-state index >= 15 is 0 Å². The van der Waals surface area contributed by atoms with Gasteiger partial charge in [-0.15, -0.1) is 0 Å². The molecule has 7 heteroatoms. The number of nitrogen functional groups attached to an aromatic ring is 1. The molecule has 0 aliphatic rings. The number of hydrogen-bond acceptors (Lipinski definition) is 4. The van der Waals surface area contributed by atoms with Gasteiger partial charge in [0.05, 0.1) is 10.6 Å². The summed E-state index contributed by atoms with van der Waals surface area (Å²) in [6, 6.07) is 4.11. The largest absolute Gasteiger partial charge is 0.396 e. The molecule has 0 amide bonds. The van der Waals surface area contributed by atoms with Gasteiger partial charge in [0.1, 0.15) is 5.82 Å². The summed E-state index contributed by atoms with van der Waals surface area (Å²) in [4.78, 5) is 3.89. The second kappa shape index (κ2) is 5.79. The third kappa shape index (κ3) is 3.37. The molecule has 0 bridgehead atoms. The fourth-order valence-electron chi connectivity index (χ4n) is 1.87. The van der Waals surface area contributed by atoms with Crippen LogP contribution in [-0.4, -0.2) is 13.4 Å². The molecule has 1 aromatic carbocycles. The second-order valence-electron chi connectivity index (χ2n) is 4.77. The molecule has 0 aliphatic carbocycles. The maximum atomic E-state index is 13.5. The highest BCUT2D eigenvalue weighted by molar-refractivity contribution is 7.89. The van der Waals surface area contributed by atoms with E-state index in [1.807, 2.05) is 6.92 Å². The Morgan fingerprint density at radius 3 is 2.62 bits per heavy atom. The van der Waals surface area contributed by atoms with Crippen LogP contribution < -0.4 is 10.5 Å². The number of halogens is 1. The Morgan fingerprint density at radius 1 is 1.29 bits per heavy atom. The van der Waals surface area contributed by atoms with Crippen LogP contribution in [-0.2, 0) is 16.6 Å². The van der Waals surface area contributed by atoms with Crippen molar-refractivity contribution in [2.45, 2.75) is 25.3 Å². The molecule has 0 fully saturated rings. The fraction of sp³-hybridized carbons (Fsp3) is 0.214. The van der Waals surface area contributed by atoms with E-state index in [4.69, 9.17) is 5.73 Å². The molecule has 0 unspecified atom stereocenters. The van der Waals surface area contributed by atoms with E-state index in [-0.39, 0.29) is 22.7 Å². The Labute approximate surface area is 123 Å². The van der Waals surface area contributed by atoms with Crippen LogP contribution in [0.15, 0.2) is 35.5 Å². The van der Waals surface area contributed by atoms with Gasteiger partial charge in [-0.2, -0.15) is 0 Å². The fourth-order valence-corrected chi connectivity index (χ4v) is 3.00. The number of benzene rings is 1. The Kier molecular flexibility index (Phi) is 4.24. The van der Waals surface area contributed by atoms with Gasteiger partial charge in [-0.3, -0.25) is 4.98 Å². The minimum absolute atomic E-state index is 0.0504. The summed E-state index contributed by atoms with van der Waals surface area (Å²) in [6.07, 6.45) is 3.25. The maximum Gasteiger partial charge on any atom is 0.240 e. The highest BCUT2D eigenvalue weighted by Crippen LogP contribution is 2.21. The highest BCUT2D eigenvalue weighted by Gasteiger charge is 2.17. The van der Waals surface area contributed by atoms with Gasteiger partial charge in [-0.25, -0.2) is 17.5 Å². The molecule has 112 valence electrons. The Morgan fingerprint density at radius 2 is 2.00 bits per heavy atom. The molecule has 21 heavy (non-hydrogen) atoms. The predicted molar refractivity (Wildman–Crippen MR) is 78.5 cm³/mol. The summed E-state index contributed by atoms with van der Waals surface area (Å²) in [5.74, 6) is -0.598. The van der Waals surface area contributed by atoms with E-state index in [0.29, 0.717) is 0 Å². The highest BCUT2D eigenvalue weighted by atomic mass is 32.2. The molecular formula is C14H16FN3O2S. The van der Waals surface area contributed by atoms with Crippen LogP contribution >= 0.6 is 0 Å². The SMILES string of the molecule is Cc1cnccc1CNS(=O)(=O)c1cc(C)c(F)c(N)c1. The van der Waals surface area contributed by atoms with Gasteiger partial charge >= 0.3 is 0 Å². The third-order valence-corrected chi connectivity index (χ3v) is 4.54. The molecule has 0 saturated carbocycles. The van der Waals surface area contributed by atoms with Crippen LogP contribution in [0, 0.1) is 19.7 Å². The molecule has 2 rings (SSSR count). The van der Waals surface area contributed by atoms with Crippen LogP contribution in [0.4, 0.5) is 10.1 Å². The monoisotopic (exact) mass is 309 g/mol. The lowest BCUT2D eigenvalue weighted by Gasteiger charge is -2.10. The van der Waals surface area contributed by atoms with Crippen molar-refractivity contribution in [2.75, 3.05) is 5.73 Å². The summed E-state index contributed by atoms with van der Waals surface area (Å²) < 4.78 is 40.4. The number of sulfonamides is 1. The summed E-state index contributed by atoms with van der Waals surface area (Å²) in [5.41, 5.74) is 7.18. The van der Waals surface area contributed by atoms with Crippen LogP contribution in [0.1, 0.15) is 16.7 Å². The average Bonchev–Trinajstić information content (AvgIpc) is 2.43. The normalized spacial score (nSPS) is 11.6. The number of rotatable bonds is 4. The Hall–Kier alpha value is -1.99. The van der Waals surface area contributed by atoms with E-state index in [9.17, 15) is 12.8 Å². The first-order valence-corrected chi connectivity index (χ1v) is 7.74. The second-order valence-corrected chi connectivity index (χ2v) is 6.54. The van der Waals surface area contributed by atoms with E-state index in [1.165, 1.54) is 13.0 Å². The van der Waals surface area contributed by atoms with Crippen molar-refractivity contribution >= 4 is 15.7 Å². The summed E-state index contributed by atoms with van der Waals surface area (Å²) in [5, 5.41) is 0. The van der Waals surface area contributed by atoms with E-state index in [2.05, 4.69) is 9.71 Å². The lowest BCUT2D eigenvalue weighted by atomic mass is 10.2. The van der Waals surface area contributed by atoms with Gasteiger partial charge in [0.25, 0.3) is 0 Å². The van der Waals surface area contributed by atoms with Gasteiger partial charge in [-0.05, 0) is 48.7 Å². The van der Waals surface area contributed by atoms with E-state index in [1.54, 1.807) is 18.5 Å².